The fourth-order valence-electron chi connectivity index (χ4n) is 1.16. The molecule has 1 unspecified atom stereocenters. The highest BCUT2D eigenvalue weighted by atomic mass is 16.3. The van der Waals surface area contributed by atoms with Crippen LogP contribution in [0.5, 0.6) is 0 Å². The van der Waals surface area contributed by atoms with Gasteiger partial charge in [0.1, 0.15) is 5.76 Å². The Kier molecular flexibility index (Phi) is 2.65. The van der Waals surface area contributed by atoms with Crippen LogP contribution in [0.25, 0.3) is 0 Å². The second-order valence-corrected chi connectivity index (χ2v) is 2.64. The smallest absolute Gasteiger partial charge is 0.181 e. The Bertz CT molecular complexity index is 216. The minimum atomic E-state index is 0.331. The lowest BCUT2D eigenvalue weighted by Crippen LogP contribution is -2.11. The molecule has 0 saturated carbocycles. The molecule has 0 aliphatic heterocycles. The van der Waals surface area contributed by atoms with E-state index >= 15 is 0 Å². The van der Waals surface area contributed by atoms with Crippen LogP contribution in [0.3, 0.4) is 0 Å². The van der Waals surface area contributed by atoms with Gasteiger partial charge in [0.05, 0.1) is 5.69 Å². The van der Waals surface area contributed by atoms with Crippen molar-refractivity contribution < 1.29 is 4.42 Å². The van der Waals surface area contributed by atoms with Gasteiger partial charge in [-0.25, -0.2) is 4.98 Å². The summed E-state index contributed by atoms with van der Waals surface area (Å²) in [5.74, 6) is 1.27. The van der Waals surface area contributed by atoms with E-state index in [0.29, 0.717) is 12.5 Å². The van der Waals surface area contributed by atoms with Gasteiger partial charge in [0.15, 0.2) is 6.39 Å². The van der Waals surface area contributed by atoms with Crippen LogP contribution >= 0.6 is 0 Å². The van der Waals surface area contributed by atoms with Crippen LogP contribution in [-0.4, -0.2) is 11.5 Å². The summed E-state index contributed by atoms with van der Waals surface area (Å²) in [6.07, 6.45) is 2.48. The third-order valence-corrected chi connectivity index (χ3v) is 1.93. The molecule has 2 N–H and O–H groups in total. The molecule has 1 heterocycles. The quantitative estimate of drug-likeness (QED) is 0.716. The van der Waals surface area contributed by atoms with Crippen LogP contribution in [0.4, 0.5) is 0 Å². The molecule has 0 radical (unpaired) electrons. The molecule has 1 aromatic rings. The molecule has 1 atom stereocenters. The molecule has 0 amide bonds. The van der Waals surface area contributed by atoms with E-state index in [0.717, 1.165) is 17.9 Å². The van der Waals surface area contributed by atoms with Gasteiger partial charge in [-0.1, -0.05) is 6.92 Å². The molecule has 0 aliphatic carbocycles. The second kappa shape index (κ2) is 3.53. The third kappa shape index (κ3) is 1.60. The van der Waals surface area contributed by atoms with Crippen molar-refractivity contribution in [2.24, 2.45) is 5.73 Å². The lowest BCUT2D eigenvalue weighted by molar-refractivity contribution is 0.452. The van der Waals surface area contributed by atoms with Gasteiger partial charge >= 0.3 is 0 Å². The number of nitrogens with zero attached hydrogens (tertiary/aromatic N) is 1. The molecular formula is C8H14N2O. The zero-order valence-electron chi connectivity index (χ0n) is 7.00. The highest BCUT2D eigenvalue weighted by molar-refractivity contribution is 5.10. The Morgan fingerprint density at radius 2 is 2.45 bits per heavy atom. The van der Waals surface area contributed by atoms with Crippen molar-refractivity contribution >= 4 is 0 Å². The van der Waals surface area contributed by atoms with Crippen LogP contribution in [0.2, 0.25) is 0 Å². The van der Waals surface area contributed by atoms with Gasteiger partial charge in [0, 0.05) is 12.5 Å². The fraction of sp³-hybridized carbons (Fsp3) is 0.625. The van der Waals surface area contributed by atoms with E-state index in [1.807, 2.05) is 6.92 Å². The summed E-state index contributed by atoms with van der Waals surface area (Å²) in [5, 5.41) is 0. The summed E-state index contributed by atoms with van der Waals surface area (Å²) >= 11 is 0. The number of oxazole rings is 1. The number of aromatic nitrogens is 1. The monoisotopic (exact) mass is 154 g/mol. The van der Waals surface area contributed by atoms with E-state index < -0.39 is 0 Å². The summed E-state index contributed by atoms with van der Waals surface area (Å²) in [6.45, 7) is 4.67. The number of aryl methyl sites for hydroxylation is 1. The first-order valence-electron chi connectivity index (χ1n) is 3.89. The summed E-state index contributed by atoms with van der Waals surface area (Å²) < 4.78 is 5.22. The highest BCUT2D eigenvalue weighted by Crippen LogP contribution is 2.20. The molecule has 1 rings (SSSR count). The van der Waals surface area contributed by atoms with E-state index in [1.165, 1.54) is 6.39 Å². The van der Waals surface area contributed by atoms with Crippen LogP contribution in [-0.2, 0) is 0 Å². The van der Waals surface area contributed by atoms with Crippen molar-refractivity contribution in [2.75, 3.05) is 6.54 Å². The Balaban J connectivity index is 2.81. The predicted octanol–water partition coefficient (Wildman–Crippen LogP) is 1.44. The van der Waals surface area contributed by atoms with Crippen molar-refractivity contribution in [2.45, 2.75) is 26.2 Å². The predicted molar refractivity (Wildman–Crippen MR) is 43.3 cm³/mol. The lowest BCUT2D eigenvalue weighted by atomic mass is 10.0. The van der Waals surface area contributed by atoms with Gasteiger partial charge in [-0.05, 0) is 13.3 Å². The average molecular weight is 154 g/mol. The summed E-state index contributed by atoms with van der Waals surface area (Å²) in [7, 11) is 0. The Labute approximate surface area is 66.6 Å². The lowest BCUT2D eigenvalue weighted by Gasteiger charge is -2.07. The maximum Gasteiger partial charge on any atom is 0.181 e. The molecule has 62 valence electrons. The first kappa shape index (κ1) is 8.27. The summed E-state index contributed by atoms with van der Waals surface area (Å²) in [4.78, 5) is 4.01. The third-order valence-electron chi connectivity index (χ3n) is 1.93. The van der Waals surface area contributed by atoms with E-state index in [2.05, 4.69) is 11.9 Å². The molecule has 11 heavy (non-hydrogen) atoms. The minimum Gasteiger partial charge on any atom is -0.448 e. The zero-order chi connectivity index (χ0) is 8.27. The molecule has 1 aromatic heterocycles. The number of nitrogens with two attached hydrogens (primary N) is 1. The van der Waals surface area contributed by atoms with Crippen LogP contribution in [0.1, 0.15) is 30.7 Å². The van der Waals surface area contributed by atoms with Crippen molar-refractivity contribution in [1.82, 2.24) is 4.98 Å². The van der Waals surface area contributed by atoms with Gasteiger partial charge < -0.3 is 10.2 Å². The molecule has 3 heteroatoms. The topological polar surface area (TPSA) is 52.0 Å². The minimum absolute atomic E-state index is 0.331. The van der Waals surface area contributed by atoms with E-state index in [-0.39, 0.29) is 0 Å². The van der Waals surface area contributed by atoms with Gasteiger partial charge in [0.2, 0.25) is 0 Å². The van der Waals surface area contributed by atoms with Gasteiger partial charge in [-0.3, -0.25) is 0 Å². The maximum atomic E-state index is 5.56. The molecule has 0 bridgehead atoms. The largest absolute Gasteiger partial charge is 0.448 e. The Morgan fingerprint density at radius 3 is 2.82 bits per heavy atom. The van der Waals surface area contributed by atoms with Gasteiger partial charge in [-0.2, -0.15) is 0 Å². The Morgan fingerprint density at radius 1 is 1.73 bits per heavy atom. The van der Waals surface area contributed by atoms with Crippen molar-refractivity contribution in [3.8, 4) is 0 Å². The van der Waals surface area contributed by atoms with Gasteiger partial charge in [0.25, 0.3) is 0 Å². The summed E-state index contributed by atoms with van der Waals surface area (Å²) in [5.41, 5.74) is 6.52. The van der Waals surface area contributed by atoms with E-state index in [1.54, 1.807) is 0 Å². The van der Waals surface area contributed by atoms with Crippen LogP contribution < -0.4 is 5.73 Å². The first-order chi connectivity index (χ1) is 5.29. The van der Waals surface area contributed by atoms with Crippen molar-refractivity contribution in [1.29, 1.82) is 0 Å². The highest BCUT2D eigenvalue weighted by Gasteiger charge is 2.13. The standard InChI is InChI=1S/C8H14N2O/c1-3-7(4-9)8-6(2)10-5-11-8/h5,7H,3-4,9H2,1-2H3. The molecule has 0 aliphatic rings. The normalized spacial score (nSPS) is 13.4. The number of hydrogen-bond acceptors (Lipinski definition) is 3. The fourth-order valence-corrected chi connectivity index (χ4v) is 1.16. The van der Waals surface area contributed by atoms with E-state index in [9.17, 15) is 0 Å². The number of rotatable bonds is 3. The van der Waals surface area contributed by atoms with E-state index in [4.69, 9.17) is 10.2 Å². The molecule has 3 nitrogen and oxygen atoms in total. The molecular weight excluding hydrogens is 140 g/mol. The van der Waals surface area contributed by atoms with Crippen molar-refractivity contribution in [3.63, 3.8) is 0 Å². The first-order valence-corrected chi connectivity index (χ1v) is 3.89. The molecule has 0 aromatic carbocycles. The Hall–Kier alpha value is -0.830. The molecule has 0 spiro atoms. The van der Waals surface area contributed by atoms with Crippen molar-refractivity contribution in [3.05, 3.63) is 17.8 Å². The second-order valence-electron chi connectivity index (χ2n) is 2.64. The molecule has 0 saturated heterocycles. The zero-order valence-corrected chi connectivity index (χ0v) is 7.00. The van der Waals surface area contributed by atoms with Crippen LogP contribution in [0.15, 0.2) is 10.8 Å². The van der Waals surface area contributed by atoms with Crippen LogP contribution in [0, 0.1) is 6.92 Å². The number of hydrogen-bond donors (Lipinski definition) is 1. The average Bonchev–Trinajstić information content (AvgIpc) is 2.40. The van der Waals surface area contributed by atoms with Gasteiger partial charge in [-0.15, -0.1) is 0 Å². The maximum absolute atomic E-state index is 5.56. The summed E-state index contributed by atoms with van der Waals surface area (Å²) in [6, 6.07) is 0. The SMILES string of the molecule is CCC(CN)c1ocnc1C. The molecule has 0 fully saturated rings.